The second-order valence-corrected chi connectivity index (χ2v) is 7.72. The zero-order valence-electron chi connectivity index (χ0n) is 17.4. The number of unbranched alkanes of at least 4 members (excludes halogenated alkanes) is 1. The fourth-order valence-electron chi connectivity index (χ4n) is 3.60. The molecule has 1 atom stereocenters. The Morgan fingerprint density at radius 3 is 3.00 bits per heavy atom. The van der Waals surface area contributed by atoms with Crippen LogP contribution in [0.2, 0.25) is 0 Å². The average Bonchev–Trinajstić information content (AvgIpc) is 3.18. The van der Waals surface area contributed by atoms with Crippen molar-refractivity contribution in [3.63, 3.8) is 0 Å². The average molecular weight is 398 g/mol. The smallest absolute Gasteiger partial charge is 0.222 e. The first-order chi connectivity index (χ1) is 14.0. The van der Waals surface area contributed by atoms with Gasteiger partial charge in [-0.15, -0.1) is 0 Å². The first-order valence-corrected chi connectivity index (χ1v) is 10.3. The Hall–Kier alpha value is -2.67. The largest absolute Gasteiger partial charge is 0.494 e. The van der Waals surface area contributed by atoms with Gasteiger partial charge in [0.05, 0.1) is 13.2 Å². The number of likely N-dealkylation sites (N-methyl/N-ethyl adjacent to an activating group) is 1. The Balaban J connectivity index is 1.34. The number of aromatic nitrogens is 2. The number of ether oxygens (including phenoxy) is 1. The third-order valence-corrected chi connectivity index (χ3v) is 5.30. The van der Waals surface area contributed by atoms with E-state index in [2.05, 4.69) is 27.9 Å². The lowest BCUT2D eigenvalue weighted by atomic mass is 10.2. The summed E-state index contributed by atoms with van der Waals surface area (Å²) in [7, 11) is 2.05. The van der Waals surface area contributed by atoms with Gasteiger partial charge in [-0.2, -0.15) is 0 Å². The molecule has 7 nitrogen and oxygen atoms in total. The van der Waals surface area contributed by atoms with E-state index >= 15 is 0 Å². The zero-order valence-corrected chi connectivity index (χ0v) is 17.4. The van der Waals surface area contributed by atoms with Crippen LogP contribution in [-0.4, -0.2) is 58.5 Å². The molecule has 29 heavy (non-hydrogen) atoms. The van der Waals surface area contributed by atoms with E-state index in [4.69, 9.17) is 10.5 Å². The minimum absolute atomic E-state index is 0.233. The number of nitrogens with two attached hydrogens (primary N) is 1. The number of likely N-dealkylation sites (tertiary alicyclic amines) is 1. The number of benzene rings is 1. The summed E-state index contributed by atoms with van der Waals surface area (Å²) in [5.41, 5.74) is 6.91. The van der Waals surface area contributed by atoms with Crippen molar-refractivity contribution >= 4 is 11.7 Å². The molecule has 156 valence electrons. The van der Waals surface area contributed by atoms with Gasteiger partial charge in [0, 0.05) is 31.7 Å². The molecule has 0 unspecified atom stereocenters. The molecule has 2 N–H and O–H groups in total. The Morgan fingerprint density at radius 1 is 1.34 bits per heavy atom. The van der Waals surface area contributed by atoms with Gasteiger partial charge in [0.25, 0.3) is 0 Å². The van der Waals surface area contributed by atoms with Crippen LogP contribution in [0, 0.1) is 6.92 Å². The number of nitrogens with zero attached hydrogens (tertiary/aromatic N) is 4. The molecule has 7 heteroatoms. The van der Waals surface area contributed by atoms with Crippen molar-refractivity contribution in [2.75, 3.05) is 32.5 Å². The van der Waals surface area contributed by atoms with Gasteiger partial charge < -0.3 is 15.4 Å². The number of rotatable bonds is 9. The summed E-state index contributed by atoms with van der Waals surface area (Å²) in [6.07, 6.45) is 4.95. The van der Waals surface area contributed by atoms with Crippen molar-refractivity contribution in [2.24, 2.45) is 0 Å². The number of aryl methyl sites for hydroxylation is 1. The topological polar surface area (TPSA) is 84.6 Å². The predicted octanol–water partition coefficient (Wildman–Crippen LogP) is 2.65. The minimum Gasteiger partial charge on any atom is -0.494 e. The van der Waals surface area contributed by atoms with Crippen LogP contribution in [0.3, 0.4) is 0 Å². The van der Waals surface area contributed by atoms with E-state index in [-0.39, 0.29) is 5.91 Å². The first-order valence-electron chi connectivity index (χ1n) is 10.3. The molecule has 1 fully saturated rings. The third-order valence-electron chi connectivity index (χ3n) is 5.30. The minimum atomic E-state index is 0.233. The van der Waals surface area contributed by atoms with Crippen molar-refractivity contribution in [3.05, 3.63) is 47.9 Å². The number of nitrogen functional groups attached to an aromatic ring is 1. The van der Waals surface area contributed by atoms with Gasteiger partial charge in [0.2, 0.25) is 5.91 Å². The van der Waals surface area contributed by atoms with Crippen molar-refractivity contribution in [3.8, 4) is 5.75 Å². The molecule has 1 saturated heterocycles. The fraction of sp³-hybridized carbons (Fsp3) is 0.500. The van der Waals surface area contributed by atoms with E-state index in [1.54, 1.807) is 12.3 Å². The highest BCUT2D eigenvalue weighted by Gasteiger charge is 2.28. The predicted molar refractivity (Wildman–Crippen MR) is 113 cm³/mol. The number of anilines is 1. The van der Waals surface area contributed by atoms with Crippen LogP contribution >= 0.6 is 0 Å². The van der Waals surface area contributed by atoms with Crippen LogP contribution in [0.5, 0.6) is 5.75 Å². The normalized spacial score (nSPS) is 16.4. The van der Waals surface area contributed by atoms with Crippen LogP contribution in [0.15, 0.2) is 36.5 Å². The number of carbonyl (C=O) groups is 1. The van der Waals surface area contributed by atoms with Gasteiger partial charge in [-0.3, -0.25) is 9.69 Å². The molecular formula is C22H31N5O2. The van der Waals surface area contributed by atoms with Crippen LogP contribution < -0.4 is 10.5 Å². The fourth-order valence-corrected chi connectivity index (χ4v) is 3.60. The maximum Gasteiger partial charge on any atom is 0.222 e. The molecule has 1 aromatic heterocycles. The zero-order chi connectivity index (χ0) is 20.6. The lowest BCUT2D eigenvalue weighted by Crippen LogP contribution is -2.36. The summed E-state index contributed by atoms with van der Waals surface area (Å²) >= 11 is 0. The number of amides is 1. The van der Waals surface area contributed by atoms with Crippen LogP contribution in [0.1, 0.15) is 37.1 Å². The summed E-state index contributed by atoms with van der Waals surface area (Å²) in [5.74, 6) is 2.33. The van der Waals surface area contributed by atoms with E-state index in [1.807, 2.05) is 30.1 Å². The van der Waals surface area contributed by atoms with Gasteiger partial charge in [0.1, 0.15) is 17.4 Å². The van der Waals surface area contributed by atoms with E-state index < -0.39 is 0 Å². The molecule has 0 radical (unpaired) electrons. The van der Waals surface area contributed by atoms with Crippen LogP contribution in [0.4, 0.5) is 5.82 Å². The second-order valence-electron chi connectivity index (χ2n) is 7.72. The molecule has 0 spiro atoms. The molecule has 1 amide bonds. The lowest BCUT2D eigenvalue weighted by Gasteiger charge is -2.24. The quantitative estimate of drug-likeness (QED) is 0.655. The van der Waals surface area contributed by atoms with E-state index in [0.29, 0.717) is 37.3 Å². The molecule has 1 aliphatic rings. The second kappa shape index (κ2) is 10.2. The van der Waals surface area contributed by atoms with Gasteiger partial charge >= 0.3 is 0 Å². The molecule has 0 aliphatic carbocycles. The van der Waals surface area contributed by atoms with Gasteiger partial charge in [0.15, 0.2) is 0 Å². The van der Waals surface area contributed by atoms with Crippen molar-refractivity contribution < 1.29 is 9.53 Å². The Labute approximate surface area is 172 Å². The van der Waals surface area contributed by atoms with Crippen molar-refractivity contribution in [1.82, 2.24) is 19.8 Å². The maximum atomic E-state index is 12.5. The SMILES string of the molecule is Cc1cccc(OCCCCC(=O)N2CC[C@@H](N(C)Cc3nccc(N)n3)C2)c1. The molecule has 2 aromatic rings. The molecule has 0 bridgehead atoms. The number of hydrogen-bond donors (Lipinski definition) is 1. The number of carbonyl (C=O) groups excluding carboxylic acids is 1. The lowest BCUT2D eigenvalue weighted by molar-refractivity contribution is -0.130. The monoisotopic (exact) mass is 397 g/mol. The van der Waals surface area contributed by atoms with E-state index in [9.17, 15) is 4.79 Å². The van der Waals surface area contributed by atoms with Gasteiger partial charge in [-0.25, -0.2) is 9.97 Å². The molecule has 0 saturated carbocycles. The summed E-state index contributed by atoms with van der Waals surface area (Å²) in [6.45, 7) is 4.90. The Morgan fingerprint density at radius 2 is 2.21 bits per heavy atom. The van der Waals surface area contributed by atoms with Gasteiger partial charge in [-0.1, -0.05) is 12.1 Å². The van der Waals surface area contributed by atoms with E-state index in [0.717, 1.165) is 38.1 Å². The maximum absolute atomic E-state index is 12.5. The molecule has 2 heterocycles. The highest BCUT2D eigenvalue weighted by Crippen LogP contribution is 2.18. The summed E-state index contributed by atoms with van der Waals surface area (Å²) in [4.78, 5) is 25.2. The summed E-state index contributed by atoms with van der Waals surface area (Å²) in [6, 6.07) is 10.1. The third kappa shape index (κ3) is 6.42. The summed E-state index contributed by atoms with van der Waals surface area (Å²) in [5, 5.41) is 0. The summed E-state index contributed by atoms with van der Waals surface area (Å²) < 4.78 is 5.76. The standard InChI is InChI=1S/C22H31N5O2/c1-17-6-5-7-19(14-17)29-13-4-3-8-22(28)27-12-10-18(15-27)26(2)16-21-24-11-9-20(23)25-21/h5-7,9,11,14,18H,3-4,8,10,12-13,15-16H2,1-2H3,(H2,23,24,25)/t18-/m1/s1. The van der Waals surface area contributed by atoms with Crippen LogP contribution in [-0.2, 0) is 11.3 Å². The Kier molecular flexibility index (Phi) is 7.41. The Bertz CT molecular complexity index is 813. The first kappa shape index (κ1) is 21.0. The van der Waals surface area contributed by atoms with Gasteiger partial charge in [-0.05, 0) is 57.0 Å². The molecule has 1 aliphatic heterocycles. The molecule has 1 aromatic carbocycles. The molecule has 3 rings (SSSR count). The van der Waals surface area contributed by atoms with E-state index in [1.165, 1.54) is 5.56 Å². The van der Waals surface area contributed by atoms with Crippen molar-refractivity contribution in [1.29, 1.82) is 0 Å². The highest BCUT2D eigenvalue weighted by molar-refractivity contribution is 5.76. The van der Waals surface area contributed by atoms with Crippen molar-refractivity contribution in [2.45, 2.75) is 45.2 Å². The number of hydrogen-bond acceptors (Lipinski definition) is 6. The highest BCUT2D eigenvalue weighted by atomic mass is 16.5. The van der Waals surface area contributed by atoms with Crippen LogP contribution in [0.25, 0.3) is 0 Å². The molecular weight excluding hydrogens is 366 g/mol.